The van der Waals surface area contributed by atoms with Crippen molar-refractivity contribution in [3.63, 3.8) is 0 Å². The van der Waals surface area contributed by atoms with Crippen molar-refractivity contribution < 1.29 is 4.79 Å². The van der Waals surface area contributed by atoms with Gasteiger partial charge in [0.25, 0.3) is 5.91 Å². The Morgan fingerprint density at radius 3 is 2.62 bits per heavy atom. The largest absolute Gasteiger partial charge is 0.321 e. The first kappa shape index (κ1) is 17.0. The average Bonchev–Trinajstić information content (AvgIpc) is 3.19. The van der Waals surface area contributed by atoms with Crippen LogP contribution in [-0.2, 0) is 0 Å². The van der Waals surface area contributed by atoms with Gasteiger partial charge in [0.05, 0.1) is 16.3 Å². The number of nitrogens with zero attached hydrogens (tertiary/aromatic N) is 2. The number of hydrogen-bond donors (Lipinski definition) is 1. The maximum Gasteiger partial charge on any atom is 0.265 e. The molecular weight excluding hydrogens is 410 g/mol. The minimum atomic E-state index is -0.101. The van der Waals surface area contributed by atoms with Crippen LogP contribution in [0.3, 0.4) is 0 Å². The highest BCUT2D eigenvalue weighted by Crippen LogP contribution is 2.31. The van der Waals surface area contributed by atoms with Crippen LogP contribution in [0.2, 0.25) is 0 Å². The molecule has 0 atom stereocenters. The molecule has 0 spiro atoms. The molecule has 6 heteroatoms. The van der Waals surface area contributed by atoms with E-state index in [1.165, 1.54) is 11.3 Å². The summed E-state index contributed by atoms with van der Waals surface area (Å²) < 4.78 is 2.89. The van der Waals surface area contributed by atoms with Crippen LogP contribution in [-0.4, -0.2) is 15.7 Å². The topological polar surface area (TPSA) is 46.9 Å². The number of nitrogens with one attached hydrogen (secondary N) is 1. The summed E-state index contributed by atoms with van der Waals surface area (Å²) in [5, 5.41) is 8.63. The Kier molecular flexibility index (Phi) is 4.38. The summed E-state index contributed by atoms with van der Waals surface area (Å²) in [5.41, 5.74) is 3.74. The van der Waals surface area contributed by atoms with E-state index in [-0.39, 0.29) is 5.91 Å². The normalized spacial score (nSPS) is 11.0. The summed E-state index contributed by atoms with van der Waals surface area (Å²) in [4.78, 5) is 14.4. The summed E-state index contributed by atoms with van der Waals surface area (Å²) in [7, 11) is 0. The zero-order chi connectivity index (χ0) is 18.3. The third-order valence-electron chi connectivity index (χ3n) is 4.21. The smallest absolute Gasteiger partial charge is 0.265 e. The van der Waals surface area contributed by atoms with E-state index in [1.807, 2.05) is 73.1 Å². The second-order valence-corrected chi connectivity index (χ2v) is 8.02. The second kappa shape index (κ2) is 6.70. The van der Waals surface area contributed by atoms with Gasteiger partial charge in [0.1, 0.15) is 4.83 Å². The van der Waals surface area contributed by atoms with E-state index in [1.54, 1.807) is 0 Å². The summed E-state index contributed by atoms with van der Waals surface area (Å²) in [6, 6.07) is 17.7. The van der Waals surface area contributed by atoms with Crippen molar-refractivity contribution in [1.82, 2.24) is 9.78 Å². The van der Waals surface area contributed by atoms with E-state index in [9.17, 15) is 4.79 Å². The molecular formula is C20H16BrN3OS. The Balaban J connectivity index is 1.70. The van der Waals surface area contributed by atoms with Crippen molar-refractivity contribution in [2.24, 2.45) is 0 Å². The van der Waals surface area contributed by atoms with Crippen LogP contribution in [0.15, 0.2) is 59.1 Å². The predicted octanol–water partition coefficient (Wildman–Crippen LogP) is 5.72. The number of aromatic nitrogens is 2. The highest BCUT2D eigenvalue weighted by molar-refractivity contribution is 9.10. The molecule has 130 valence electrons. The van der Waals surface area contributed by atoms with Gasteiger partial charge in [0.15, 0.2) is 0 Å². The van der Waals surface area contributed by atoms with Gasteiger partial charge in [0, 0.05) is 15.5 Å². The minimum Gasteiger partial charge on any atom is -0.321 e. The lowest BCUT2D eigenvalue weighted by atomic mass is 10.2. The lowest BCUT2D eigenvalue weighted by molar-refractivity contribution is 0.103. The number of carbonyl (C=O) groups excluding carboxylic acids is 1. The number of fused-ring (bicyclic) bond motifs is 1. The molecule has 2 aromatic carbocycles. The number of rotatable bonds is 3. The Morgan fingerprint density at radius 1 is 1.12 bits per heavy atom. The number of halogens is 1. The van der Waals surface area contributed by atoms with Gasteiger partial charge >= 0.3 is 0 Å². The van der Waals surface area contributed by atoms with Gasteiger partial charge in [-0.05, 0) is 55.8 Å². The molecule has 0 radical (unpaired) electrons. The van der Waals surface area contributed by atoms with Gasteiger partial charge in [-0.2, -0.15) is 5.10 Å². The number of thiophene rings is 1. The van der Waals surface area contributed by atoms with Crippen molar-refractivity contribution in [3.05, 3.63) is 75.2 Å². The van der Waals surface area contributed by atoms with Crippen LogP contribution < -0.4 is 5.32 Å². The second-order valence-electron chi connectivity index (χ2n) is 6.08. The lowest BCUT2D eigenvalue weighted by Gasteiger charge is -2.07. The first-order chi connectivity index (χ1) is 12.5. The third-order valence-corrected chi connectivity index (χ3v) is 5.81. The summed E-state index contributed by atoms with van der Waals surface area (Å²) in [6.07, 6.45) is 0. The Hall–Kier alpha value is -2.44. The van der Waals surface area contributed by atoms with Crippen molar-refractivity contribution in [1.29, 1.82) is 0 Å². The quantitative estimate of drug-likeness (QED) is 0.456. The molecule has 4 nitrogen and oxygen atoms in total. The van der Waals surface area contributed by atoms with Crippen molar-refractivity contribution in [2.75, 3.05) is 5.32 Å². The van der Waals surface area contributed by atoms with E-state index in [4.69, 9.17) is 0 Å². The number of aryl methyl sites for hydroxylation is 2. The Morgan fingerprint density at radius 2 is 1.88 bits per heavy atom. The van der Waals surface area contributed by atoms with Crippen molar-refractivity contribution >= 4 is 49.1 Å². The number of hydrogen-bond acceptors (Lipinski definition) is 3. The molecule has 1 N–H and O–H groups in total. The number of anilines is 1. The van der Waals surface area contributed by atoms with Gasteiger partial charge in [-0.3, -0.25) is 4.79 Å². The number of benzene rings is 2. The molecule has 4 rings (SSSR count). The summed E-state index contributed by atoms with van der Waals surface area (Å²) in [5.74, 6) is -0.101. The molecule has 0 bridgehead atoms. The van der Waals surface area contributed by atoms with Crippen LogP contribution in [0.25, 0.3) is 15.9 Å². The van der Waals surface area contributed by atoms with E-state index in [0.717, 1.165) is 37.3 Å². The minimum absolute atomic E-state index is 0.101. The monoisotopic (exact) mass is 425 g/mol. The third kappa shape index (κ3) is 3.06. The zero-order valence-electron chi connectivity index (χ0n) is 14.3. The number of carbonyl (C=O) groups is 1. The highest BCUT2D eigenvalue weighted by Gasteiger charge is 2.17. The predicted molar refractivity (Wildman–Crippen MR) is 111 cm³/mol. The molecule has 2 aromatic heterocycles. The Bertz CT molecular complexity index is 1120. The number of amides is 1. The van der Waals surface area contributed by atoms with Gasteiger partial charge in [0.2, 0.25) is 0 Å². The van der Waals surface area contributed by atoms with E-state index < -0.39 is 0 Å². The maximum atomic E-state index is 12.7. The SMILES string of the molecule is Cc1cc(Br)ccc1NC(=O)c1cc2c(C)nn(-c3ccccc3)c2s1. The van der Waals surface area contributed by atoms with Gasteiger partial charge < -0.3 is 5.32 Å². The molecule has 4 aromatic rings. The first-order valence-electron chi connectivity index (χ1n) is 8.15. The molecule has 2 heterocycles. The summed E-state index contributed by atoms with van der Waals surface area (Å²) in [6.45, 7) is 3.94. The van der Waals surface area contributed by atoms with Crippen molar-refractivity contribution in [3.8, 4) is 5.69 Å². The average molecular weight is 426 g/mol. The van der Waals surface area contributed by atoms with Crippen molar-refractivity contribution in [2.45, 2.75) is 13.8 Å². The molecule has 0 unspecified atom stereocenters. The molecule has 1 amide bonds. The van der Waals surface area contributed by atoms with Gasteiger partial charge in [-0.15, -0.1) is 11.3 Å². The fourth-order valence-electron chi connectivity index (χ4n) is 2.85. The van der Waals surface area contributed by atoms with E-state index in [2.05, 4.69) is 26.3 Å². The number of para-hydroxylation sites is 1. The highest BCUT2D eigenvalue weighted by atomic mass is 79.9. The van der Waals surface area contributed by atoms with E-state index >= 15 is 0 Å². The van der Waals surface area contributed by atoms with Crippen LogP contribution in [0.5, 0.6) is 0 Å². The summed E-state index contributed by atoms with van der Waals surface area (Å²) >= 11 is 4.90. The van der Waals surface area contributed by atoms with Crippen LogP contribution in [0.1, 0.15) is 20.9 Å². The fraction of sp³-hybridized carbons (Fsp3) is 0.100. The van der Waals surface area contributed by atoms with Gasteiger partial charge in [-0.1, -0.05) is 34.1 Å². The van der Waals surface area contributed by atoms with Crippen LogP contribution in [0, 0.1) is 13.8 Å². The fourth-order valence-corrected chi connectivity index (χ4v) is 4.41. The Labute approximate surface area is 163 Å². The van der Waals surface area contributed by atoms with Crippen LogP contribution in [0.4, 0.5) is 5.69 Å². The zero-order valence-corrected chi connectivity index (χ0v) is 16.7. The van der Waals surface area contributed by atoms with Gasteiger partial charge in [-0.25, -0.2) is 4.68 Å². The van der Waals surface area contributed by atoms with E-state index in [0.29, 0.717) is 4.88 Å². The molecule has 26 heavy (non-hydrogen) atoms. The standard InChI is InChI=1S/C20H16BrN3OS/c1-12-10-14(21)8-9-17(12)22-19(25)18-11-16-13(2)23-24(20(16)26-18)15-6-4-3-5-7-15/h3-11H,1-2H3,(H,22,25). The molecule has 0 aliphatic rings. The first-order valence-corrected chi connectivity index (χ1v) is 9.76. The molecule has 0 aliphatic heterocycles. The maximum absolute atomic E-state index is 12.7. The van der Waals surface area contributed by atoms with Crippen LogP contribution >= 0.6 is 27.3 Å². The lowest BCUT2D eigenvalue weighted by Crippen LogP contribution is -2.11. The molecule has 0 aliphatic carbocycles. The molecule has 0 saturated heterocycles. The molecule has 0 fully saturated rings. The molecule has 0 saturated carbocycles.